The predicted molar refractivity (Wildman–Crippen MR) is 258 cm³/mol. The Balaban J connectivity index is 2.27. The van der Waals surface area contributed by atoms with Gasteiger partial charge in [-0.15, -0.1) is 0 Å². The van der Waals surface area contributed by atoms with E-state index in [1.807, 2.05) is 6.08 Å². The largest absolute Gasteiger partial charge is 0.394 e. The average molecular weight is 880 g/mol. The van der Waals surface area contributed by atoms with Gasteiger partial charge in [0.15, 0.2) is 6.29 Å². The zero-order valence-corrected chi connectivity index (χ0v) is 40.4. The highest BCUT2D eigenvalue weighted by Crippen LogP contribution is 2.23. The molecule has 1 aliphatic heterocycles. The van der Waals surface area contributed by atoms with Gasteiger partial charge in [-0.05, 0) is 44.9 Å². The van der Waals surface area contributed by atoms with Crippen LogP contribution in [-0.2, 0) is 14.3 Å². The first-order valence-electron chi connectivity index (χ1n) is 26.6. The molecule has 62 heavy (non-hydrogen) atoms. The molecule has 1 fully saturated rings. The summed E-state index contributed by atoms with van der Waals surface area (Å²) < 4.78 is 11.2. The molecular formula is C53H101NO8. The molecule has 0 aromatic heterocycles. The highest BCUT2D eigenvalue weighted by molar-refractivity contribution is 5.76. The van der Waals surface area contributed by atoms with Crippen LogP contribution < -0.4 is 5.32 Å². The van der Waals surface area contributed by atoms with Crippen LogP contribution >= 0.6 is 0 Å². The van der Waals surface area contributed by atoms with E-state index in [4.69, 9.17) is 9.47 Å². The van der Waals surface area contributed by atoms with E-state index in [0.29, 0.717) is 6.42 Å². The van der Waals surface area contributed by atoms with Crippen LogP contribution in [0, 0.1) is 0 Å². The van der Waals surface area contributed by atoms with Gasteiger partial charge in [-0.3, -0.25) is 4.79 Å². The Morgan fingerprint density at radius 3 is 1.31 bits per heavy atom. The Morgan fingerprint density at radius 2 is 0.903 bits per heavy atom. The number of hydrogen-bond acceptors (Lipinski definition) is 8. The Kier molecular flexibility index (Phi) is 41.2. The van der Waals surface area contributed by atoms with E-state index in [1.165, 1.54) is 173 Å². The molecule has 9 nitrogen and oxygen atoms in total. The molecule has 0 aromatic carbocycles. The lowest BCUT2D eigenvalue weighted by Crippen LogP contribution is -2.60. The van der Waals surface area contributed by atoms with Crippen molar-refractivity contribution in [1.29, 1.82) is 0 Å². The summed E-state index contributed by atoms with van der Waals surface area (Å²) in [5.74, 6) is -0.183. The minimum Gasteiger partial charge on any atom is -0.394 e. The molecule has 0 saturated carbocycles. The molecule has 0 radical (unpaired) electrons. The minimum atomic E-state index is -1.57. The SMILES string of the molecule is CCCCCCCCC/C=C\CCCCCCCC(=O)NC(COC1OC(CO)C(O)C(O)C1O)C(O)/C=C/CCCCCCCCCCCCCCCCCCCCCCC. The van der Waals surface area contributed by atoms with Gasteiger partial charge in [0, 0.05) is 6.42 Å². The first-order chi connectivity index (χ1) is 30.3. The Labute approximate surface area is 381 Å². The molecule has 1 amide bonds. The fraction of sp³-hybridized carbons (Fsp3) is 0.906. The van der Waals surface area contributed by atoms with E-state index in [2.05, 4.69) is 31.3 Å². The van der Waals surface area contributed by atoms with E-state index in [9.17, 15) is 30.3 Å². The van der Waals surface area contributed by atoms with E-state index in [1.54, 1.807) is 6.08 Å². The normalized spacial score (nSPS) is 20.4. The summed E-state index contributed by atoms with van der Waals surface area (Å²) in [4.78, 5) is 13.0. The quantitative estimate of drug-likeness (QED) is 0.0262. The van der Waals surface area contributed by atoms with Crippen LogP contribution in [0.3, 0.4) is 0 Å². The standard InChI is InChI=1S/C53H101NO8/c1-3-5-7-9-11-13-15-17-19-21-22-23-24-25-26-27-28-30-32-34-36-38-40-42-47(56)46(45-61-53-52(60)51(59)50(58)48(44-55)62-53)54-49(57)43-41-39-37-35-33-31-29-20-18-16-14-12-10-8-6-4-2/h20,29,40,42,46-48,50-53,55-56,58-60H,3-19,21-28,30-39,41,43-45H2,1-2H3,(H,54,57)/b29-20-,42-40+. The van der Waals surface area contributed by atoms with Crippen molar-refractivity contribution in [2.75, 3.05) is 13.2 Å². The molecule has 6 N–H and O–H groups in total. The van der Waals surface area contributed by atoms with Crippen molar-refractivity contribution in [3.05, 3.63) is 24.3 Å². The maximum absolute atomic E-state index is 13.0. The third-order valence-electron chi connectivity index (χ3n) is 12.8. The van der Waals surface area contributed by atoms with Crippen molar-refractivity contribution in [3.63, 3.8) is 0 Å². The van der Waals surface area contributed by atoms with Crippen molar-refractivity contribution in [1.82, 2.24) is 5.32 Å². The molecule has 9 heteroatoms. The predicted octanol–water partition coefficient (Wildman–Crippen LogP) is 12.2. The maximum atomic E-state index is 13.0. The Hall–Kier alpha value is -1.33. The van der Waals surface area contributed by atoms with Crippen molar-refractivity contribution < 1.29 is 39.8 Å². The van der Waals surface area contributed by atoms with Crippen LogP contribution in [0.5, 0.6) is 0 Å². The van der Waals surface area contributed by atoms with Gasteiger partial charge in [0.2, 0.25) is 5.91 Å². The lowest BCUT2D eigenvalue weighted by Gasteiger charge is -2.40. The summed E-state index contributed by atoms with van der Waals surface area (Å²) in [7, 11) is 0. The summed E-state index contributed by atoms with van der Waals surface area (Å²) in [6, 6.07) is -0.807. The minimum absolute atomic E-state index is 0.183. The number of allylic oxidation sites excluding steroid dienone is 3. The van der Waals surface area contributed by atoms with Crippen LogP contribution in [0.15, 0.2) is 24.3 Å². The molecule has 1 saturated heterocycles. The number of unbranched alkanes of at least 4 members (excludes halogenated alkanes) is 33. The van der Waals surface area contributed by atoms with Gasteiger partial charge in [-0.2, -0.15) is 0 Å². The van der Waals surface area contributed by atoms with Crippen LogP contribution in [0.25, 0.3) is 0 Å². The summed E-state index contributed by atoms with van der Waals surface area (Å²) >= 11 is 0. The van der Waals surface area contributed by atoms with Crippen LogP contribution in [0.2, 0.25) is 0 Å². The van der Waals surface area contributed by atoms with Gasteiger partial charge in [-0.25, -0.2) is 0 Å². The molecule has 0 aromatic rings. The van der Waals surface area contributed by atoms with Crippen molar-refractivity contribution in [2.24, 2.45) is 0 Å². The van der Waals surface area contributed by atoms with Gasteiger partial charge in [-0.1, -0.05) is 224 Å². The maximum Gasteiger partial charge on any atom is 0.220 e. The van der Waals surface area contributed by atoms with Crippen molar-refractivity contribution in [3.8, 4) is 0 Å². The molecule has 1 heterocycles. The molecule has 0 bridgehead atoms. The third-order valence-corrected chi connectivity index (χ3v) is 12.8. The fourth-order valence-corrected chi connectivity index (χ4v) is 8.51. The first kappa shape index (κ1) is 58.7. The number of hydrogen-bond donors (Lipinski definition) is 6. The van der Waals surface area contributed by atoms with Gasteiger partial charge in [0.05, 0.1) is 25.4 Å². The summed E-state index contributed by atoms with van der Waals surface area (Å²) in [5, 5.41) is 54.4. The van der Waals surface area contributed by atoms with Gasteiger partial charge in [0.1, 0.15) is 24.4 Å². The van der Waals surface area contributed by atoms with Gasteiger partial charge < -0.3 is 40.3 Å². The number of carbonyl (C=O) groups is 1. The van der Waals surface area contributed by atoms with Crippen molar-refractivity contribution in [2.45, 2.75) is 294 Å². The Morgan fingerprint density at radius 1 is 0.532 bits per heavy atom. The topological polar surface area (TPSA) is 149 Å². The highest BCUT2D eigenvalue weighted by Gasteiger charge is 2.44. The third kappa shape index (κ3) is 33.2. The first-order valence-corrected chi connectivity index (χ1v) is 26.6. The smallest absolute Gasteiger partial charge is 0.220 e. The number of nitrogens with one attached hydrogen (secondary N) is 1. The number of aliphatic hydroxyl groups is 5. The van der Waals surface area contributed by atoms with E-state index in [0.717, 1.165) is 57.8 Å². The van der Waals surface area contributed by atoms with E-state index >= 15 is 0 Å². The average Bonchev–Trinajstić information content (AvgIpc) is 3.27. The number of amides is 1. The Bertz CT molecular complexity index is 1020. The lowest BCUT2D eigenvalue weighted by molar-refractivity contribution is -0.302. The second-order valence-electron chi connectivity index (χ2n) is 18.7. The van der Waals surface area contributed by atoms with Crippen LogP contribution in [-0.4, -0.2) is 87.5 Å². The molecular weight excluding hydrogens is 779 g/mol. The van der Waals surface area contributed by atoms with Crippen LogP contribution in [0.4, 0.5) is 0 Å². The number of rotatable bonds is 45. The van der Waals surface area contributed by atoms with Gasteiger partial charge in [0.25, 0.3) is 0 Å². The zero-order valence-electron chi connectivity index (χ0n) is 40.4. The molecule has 7 unspecified atom stereocenters. The summed E-state index contributed by atoms with van der Waals surface area (Å²) in [6.45, 7) is 3.79. The summed E-state index contributed by atoms with van der Waals surface area (Å²) in [6.07, 6.45) is 46.6. The number of aliphatic hydroxyl groups excluding tert-OH is 5. The molecule has 1 aliphatic rings. The number of ether oxygens (including phenoxy) is 2. The lowest BCUT2D eigenvalue weighted by atomic mass is 9.99. The highest BCUT2D eigenvalue weighted by atomic mass is 16.7. The van der Waals surface area contributed by atoms with Gasteiger partial charge >= 0.3 is 0 Å². The molecule has 366 valence electrons. The molecule has 0 aliphatic carbocycles. The molecule has 1 rings (SSSR count). The second-order valence-corrected chi connectivity index (χ2v) is 18.7. The molecule has 0 spiro atoms. The zero-order chi connectivity index (χ0) is 45.1. The van der Waals surface area contributed by atoms with E-state index in [-0.39, 0.29) is 12.5 Å². The second kappa shape index (κ2) is 43.6. The van der Waals surface area contributed by atoms with Crippen molar-refractivity contribution >= 4 is 5.91 Å². The molecule has 7 atom stereocenters. The summed E-state index contributed by atoms with van der Waals surface area (Å²) in [5.41, 5.74) is 0. The van der Waals surface area contributed by atoms with Crippen LogP contribution in [0.1, 0.15) is 251 Å². The monoisotopic (exact) mass is 880 g/mol. The fourth-order valence-electron chi connectivity index (χ4n) is 8.51. The van der Waals surface area contributed by atoms with E-state index < -0.39 is 49.5 Å². The number of carbonyl (C=O) groups excluding carboxylic acids is 1.